The van der Waals surface area contributed by atoms with Gasteiger partial charge in [-0.1, -0.05) is 0 Å². The fourth-order valence-electron chi connectivity index (χ4n) is 3.15. The van der Waals surface area contributed by atoms with Crippen LogP contribution in [0.15, 0.2) is 0 Å². The van der Waals surface area contributed by atoms with Gasteiger partial charge in [0.05, 0.1) is 18.6 Å². The molecule has 2 rings (SSSR count). The molecule has 0 radical (unpaired) electrons. The molecular weight excluding hydrogens is 288 g/mol. The van der Waals surface area contributed by atoms with Crippen molar-refractivity contribution in [3.05, 3.63) is 0 Å². The molecule has 1 saturated heterocycles. The molecule has 7 nitrogen and oxygen atoms in total. The highest BCUT2D eigenvalue weighted by Crippen LogP contribution is 2.37. The van der Waals surface area contributed by atoms with Crippen LogP contribution < -0.4 is 5.32 Å². The van der Waals surface area contributed by atoms with Crippen LogP contribution in [0.4, 0.5) is 4.79 Å². The standard InChI is InChI=1S/C15H26N2O5/c1-13(2,3)22-12(21)17-8-15(9-17,7-11(19)20)16-14(10-18)5-4-6-14/h16,18H,4-10H2,1-3H3,(H,19,20). The first-order valence-electron chi connectivity index (χ1n) is 7.69. The SMILES string of the molecule is CC(C)(C)OC(=O)N1CC(CC(=O)O)(NC2(CO)CCC2)C1. The van der Waals surface area contributed by atoms with Crippen LogP contribution in [0, 0.1) is 0 Å². The first kappa shape index (κ1) is 17.0. The number of ether oxygens (including phenoxy) is 1. The number of amides is 1. The minimum atomic E-state index is -0.913. The highest BCUT2D eigenvalue weighted by Gasteiger charge is 2.52. The van der Waals surface area contributed by atoms with E-state index in [4.69, 9.17) is 9.84 Å². The van der Waals surface area contributed by atoms with Crippen molar-refractivity contribution in [1.29, 1.82) is 0 Å². The molecule has 1 amide bonds. The second-order valence-electron chi connectivity index (χ2n) is 7.60. The average Bonchev–Trinajstić information content (AvgIpc) is 2.26. The zero-order chi connectivity index (χ0) is 16.6. The summed E-state index contributed by atoms with van der Waals surface area (Å²) in [5.41, 5.74) is -1.64. The molecule has 2 aliphatic rings. The number of likely N-dealkylation sites (tertiary alicyclic amines) is 1. The highest BCUT2D eigenvalue weighted by molar-refractivity contribution is 5.73. The van der Waals surface area contributed by atoms with Gasteiger partial charge in [0.25, 0.3) is 0 Å². The van der Waals surface area contributed by atoms with Gasteiger partial charge in [0.1, 0.15) is 5.60 Å². The van der Waals surface area contributed by atoms with E-state index < -0.39 is 28.7 Å². The largest absolute Gasteiger partial charge is 0.481 e. The third-order valence-electron chi connectivity index (χ3n) is 4.27. The summed E-state index contributed by atoms with van der Waals surface area (Å²) in [5, 5.41) is 22.0. The van der Waals surface area contributed by atoms with Gasteiger partial charge in [-0.3, -0.25) is 10.1 Å². The first-order chi connectivity index (χ1) is 10.1. The van der Waals surface area contributed by atoms with Crippen LogP contribution in [0.2, 0.25) is 0 Å². The number of aliphatic carboxylic acids is 1. The number of aliphatic hydroxyl groups excluding tert-OH is 1. The Labute approximate surface area is 130 Å². The number of hydrogen-bond acceptors (Lipinski definition) is 5. The predicted molar refractivity (Wildman–Crippen MR) is 79.6 cm³/mol. The number of rotatable bonds is 5. The van der Waals surface area contributed by atoms with Crippen molar-refractivity contribution in [2.45, 2.75) is 63.1 Å². The van der Waals surface area contributed by atoms with E-state index in [0.29, 0.717) is 0 Å². The van der Waals surface area contributed by atoms with Gasteiger partial charge in [-0.05, 0) is 40.0 Å². The summed E-state index contributed by atoms with van der Waals surface area (Å²) < 4.78 is 5.30. The normalized spacial score (nSPS) is 22.5. The Morgan fingerprint density at radius 2 is 1.82 bits per heavy atom. The van der Waals surface area contributed by atoms with Crippen molar-refractivity contribution in [2.75, 3.05) is 19.7 Å². The highest BCUT2D eigenvalue weighted by atomic mass is 16.6. The Morgan fingerprint density at radius 3 is 2.18 bits per heavy atom. The molecule has 126 valence electrons. The number of hydrogen-bond donors (Lipinski definition) is 3. The van der Waals surface area contributed by atoms with E-state index in [0.717, 1.165) is 19.3 Å². The van der Waals surface area contributed by atoms with E-state index in [9.17, 15) is 14.7 Å². The second kappa shape index (κ2) is 5.70. The van der Waals surface area contributed by atoms with Gasteiger partial charge in [-0.25, -0.2) is 4.79 Å². The molecule has 0 aromatic carbocycles. The van der Waals surface area contributed by atoms with Gasteiger partial charge in [-0.2, -0.15) is 0 Å². The van der Waals surface area contributed by atoms with Crippen LogP contribution in [0.25, 0.3) is 0 Å². The number of carboxylic acids is 1. The summed E-state index contributed by atoms with van der Waals surface area (Å²) in [6, 6.07) is 0. The molecule has 1 saturated carbocycles. The van der Waals surface area contributed by atoms with Gasteiger partial charge in [-0.15, -0.1) is 0 Å². The molecule has 1 heterocycles. The van der Waals surface area contributed by atoms with E-state index in [2.05, 4.69) is 5.32 Å². The molecule has 0 spiro atoms. The molecular formula is C15H26N2O5. The van der Waals surface area contributed by atoms with Crippen LogP contribution in [0.1, 0.15) is 46.5 Å². The zero-order valence-corrected chi connectivity index (χ0v) is 13.5. The van der Waals surface area contributed by atoms with Crippen molar-refractivity contribution in [2.24, 2.45) is 0 Å². The van der Waals surface area contributed by atoms with Crippen molar-refractivity contribution in [1.82, 2.24) is 10.2 Å². The third kappa shape index (κ3) is 3.70. The number of carboxylic acid groups (broad SMARTS) is 1. The maximum Gasteiger partial charge on any atom is 0.410 e. The number of nitrogens with one attached hydrogen (secondary N) is 1. The summed E-state index contributed by atoms with van der Waals surface area (Å²) in [5.74, 6) is -0.913. The van der Waals surface area contributed by atoms with Crippen LogP contribution in [-0.2, 0) is 9.53 Å². The smallest absolute Gasteiger partial charge is 0.410 e. The summed E-state index contributed by atoms with van der Waals surface area (Å²) in [6.45, 7) is 5.94. The van der Waals surface area contributed by atoms with Gasteiger partial charge in [0.2, 0.25) is 0 Å². The molecule has 0 atom stereocenters. The topological polar surface area (TPSA) is 99.1 Å². The number of aliphatic hydroxyl groups is 1. The number of carbonyl (C=O) groups is 2. The number of carbonyl (C=O) groups excluding carboxylic acids is 1. The van der Waals surface area contributed by atoms with Crippen molar-refractivity contribution in [3.8, 4) is 0 Å². The lowest BCUT2D eigenvalue weighted by atomic mass is 9.73. The molecule has 0 bridgehead atoms. The lowest BCUT2D eigenvalue weighted by Crippen LogP contribution is -2.76. The summed E-state index contributed by atoms with van der Waals surface area (Å²) in [7, 11) is 0. The lowest BCUT2D eigenvalue weighted by Gasteiger charge is -2.56. The molecule has 0 aromatic heterocycles. The molecule has 1 aliphatic carbocycles. The van der Waals surface area contributed by atoms with E-state index >= 15 is 0 Å². The van der Waals surface area contributed by atoms with E-state index in [1.54, 1.807) is 20.8 Å². The summed E-state index contributed by atoms with van der Waals surface area (Å²) in [6.07, 6.45) is 2.18. The molecule has 0 aromatic rings. The van der Waals surface area contributed by atoms with Gasteiger partial charge >= 0.3 is 12.1 Å². The maximum absolute atomic E-state index is 12.0. The third-order valence-corrected chi connectivity index (χ3v) is 4.27. The monoisotopic (exact) mass is 314 g/mol. The molecule has 7 heteroatoms. The Balaban J connectivity index is 1.99. The molecule has 2 fully saturated rings. The molecule has 3 N–H and O–H groups in total. The predicted octanol–water partition coefficient (Wildman–Crippen LogP) is 0.955. The Morgan fingerprint density at radius 1 is 1.23 bits per heavy atom. The molecule has 1 aliphatic heterocycles. The first-order valence-corrected chi connectivity index (χ1v) is 7.69. The van der Waals surface area contributed by atoms with Crippen molar-refractivity contribution >= 4 is 12.1 Å². The fraction of sp³-hybridized carbons (Fsp3) is 0.867. The minimum Gasteiger partial charge on any atom is -0.481 e. The van der Waals surface area contributed by atoms with Crippen molar-refractivity contribution in [3.63, 3.8) is 0 Å². The lowest BCUT2D eigenvalue weighted by molar-refractivity contribution is -0.142. The average molecular weight is 314 g/mol. The summed E-state index contributed by atoms with van der Waals surface area (Å²) in [4.78, 5) is 24.7. The second-order valence-corrected chi connectivity index (χ2v) is 7.60. The summed E-state index contributed by atoms with van der Waals surface area (Å²) >= 11 is 0. The van der Waals surface area contributed by atoms with Crippen LogP contribution in [0.5, 0.6) is 0 Å². The van der Waals surface area contributed by atoms with Crippen LogP contribution in [-0.4, -0.2) is 63.6 Å². The van der Waals surface area contributed by atoms with E-state index in [1.807, 2.05) is 0 Å². The molecule has 0 unspecified atom stereocenters. The van der Waals surface area contributed by atoms with Gasteiger partial charge in [0, 0.05) is 18.6 Å². The Bertz CT molecular complexity index is 442. The zero-order valence-electron chi connectivity index (χ0n) is 13.5. The van der Waals surface area contributed by atoms with E-state index in [-0.39, 0.29) is 26.1 Å². The van der Waals surface area contributed by atoms with Crippen molar-refractivity contribution < 1.29 is 24.5 Å². The Hall–Kier alpha value is -1.34. The van der Waals surface area contributed by atoms with Crippen LogP contribution >= 0.6 is 0 Å². The van der Waals surface area contributed by atoms with Gasteiger partial charge in [0.15, 0.2) is 0 Å². The Kier molecular flexibility index (Phi) is 4.41. The molecule has 22 heavy (non-hydrogen) atoms. The van der Waals surface area contributed by atoms with E-state index in [1.165, 1.54) is 4.90 Å². The minimum absolute atomic E-state index is 0.0131. The maximum atomic E-state index is 12.0. The van der Waals surface area contributed by atoms with Crippen LogP contribution in [0.3, 0.4) is 0 Å². The van der Waals surface area contributed by atoms with Gasteiger partial charge < -0.3 is 19.8 Å². The quantitative estimate of drug-likeness (QED) is 0.699. The number of nitrogens with zero attached hydrogens (tertiary/aromatic N) is 1. The fourth-order valence-corrected chi connectivity index (χ4v) is 3.15.